The van der Waals surface area contributed by atoms with Crippen molar-refractivity contribution >= 4 is 12.4 Å². The van der Waals surface area contributed by atoms with Gasteiger partial charge in [-0.15, -0.1) is 12.4 Å². The Hall–Kier alpha value is 0.210. The molecule has 0 amide bonds. The second-order valence-electron chi connectivity index (χ2n) is 5.56. The van der Waals surface area contributed by atoms with E-state index >= 15 is 0 Å². The number of halogens is 1. The second kappa shape index (κ2) is 7.52. The lowest BCUT2D eigenvalue weighted by molar-refractivity contribution is 0.246. The van der Waals surface area contributed by atoms with Crippen molar-refractivity contribution < 1.29 is 4.74 Å². The van der Waals surface area contributed by atoms with Crippen LogP contribution in [0.2, 0.25) is 0 Å². The van der Waals surface area contributed by atoms with Crippen molar-refractivity contribution in [2.45, 2.75) is 70.9 Å². The van der Waals surface area contributed by atoms with Gasteiger partial charge in [0.25, 0.3) is 0 Å². The van der Waals surface area contributed by atoms with Crippen molar-refractivity contribution in [3.8, 4) is 0 Å². The Bertz CT molecular complexity index is 175. The van der Waals surface area contributed by atoms with E-state index in [-0.39, 0.29) is 17.9 Å². The lowest BCUT2D eigenvalue weighted by atomic mass is 9.81. The molecule has 0 bridgehead atoms. The summed E-state index contributed by atoms with van der Waals surface area (Å²) in [6.07, 6.45) is 8.29. The van der Waals surface area contributed by atoms with E-state index in [4.69, 9.17) is 10.5 Å². The van der Waals surface area contributed by atoms with Gasteiger partial charge in [-0.25, -0.2) is 0 Å². The molecule has 1 aliphatic rings. The summed E-state index contributed by atoms with van der Waals surface area (Å²) in [6, 6.07) is 0. The SMILES string of the molecule is CCCCCCC(CC1CO1)C(C)(C)N.Cl. The topological polar surface area (TPSA) is 38.5 Å². The van der Waals surface area contributed by atoms with Gasteiger partial charge in [-0.2, -0.15) is 0 Å². The predicted octanol–water partition coefficient (Wildman–Crippen LogP) is 3.52. The molecule has 0 aromatic rings. The normalized spacial score (nSPS) is 21.4. The van der Waals surface area contributed by atoms with E-state index in [1.807, 2.05) is 0 Å². The number of hydrogen-bond acceptors (Lipinski definition) is 2. The van der Waals surface area contributed by atoms with Crippen LogP contribution in [0, 0.1) is 5.92 Å². The highest BCUT2D eigenvalue weighted by Crippen LogP contribution is 2.30. The van der Waals surface area contributed by atoms with Crippen LogP contribution in [-0.4, -0.2) is 18.2 Å². The minimum absolute atomic E-state index is 0. The summed E-state index contributed by atoms with van der Waals surface area (Å²) in [5.41, 5.74) is 6.17. The van der Waals surface area contributed by atoms with Gasteiger partial charge in [-0.3, -0.25) is 0 Å². The first-order chi connectivity index (χ1) is 7.04. The van der Waals surface area contributed by atoms with Crippen molar-refractivity contribution in [2.24, 2.45) is 11.7 Å². The Morgan fingerprint density at radius 2 is 1.94 bits per heavy atom. The smallest absolute Gasteiger partial charge is 0.0813 e. The molecule has 0 aromatic carbocycles. The van der Waals surface area contributed by atoms with Crippen LogP contribution in [0.3, 0.4) is 0 Å². The summed E-state index contributed by atoms with van der Waals surface area (Å²) in [4.78, 5) is 0. The highest BCUT2D eigenvalue weighted by atomic mass is 35.5. The van der Waals surface area contributed by atoms with Gasteiger partial charge in [0, 0.05) is 5.54 Å². The lowest BCUT2D eigenvalue weighted by Crippen LogP contribution is -2.41. The number of unbranched alkanes of at least 4 members (excludes halogenated alkanes) is 3. The Morgan fingerprint density at radius 1 is 1.31 bits per heavy atom. The van der Waals surface area contributed by atoms with Gasteiger partial charge in [0.2, 0.25) is 0 Å². The van der Waals surface area contributed by atoms with Gasteiger partial charge in [0.1, 0.15) is 0 Å². The van der Waals surface area contributed by atoms with Crippen molar-refractivity contribution in [2.75, 3.05) is 6.61 Å². The minimum atomic E-state index is -0.0435. The van der Waals surface area contributed by atoms with Crippen molar-refractivity contribution in [3.05, 3.63) is 0 Å². The maximum atomic E-state index is 6.21. The van der Waals surface area contributed by atoms with Crippen LogP contribution in [0.15, 0.2) is 0 Å². The third kappa shape index (κ3) is 6.72. The largest absolute Gasteiger partial charge is 0.373 e. The molecule has 0 radical (unpaired) electrons. The molecule has 2 nitrogen and oxygen atoms in total. The van der Waals surface area contributed by atoms with Crippen LogP contribution in [0.1, 0.15) is 59.3 Å². The van der Waals surface area contributed by atoms with Crippen LogP contribution >= 0.6 is 12.4 Å². The molecule has 1 saturated heterocycles. The van der Waals surface area contributed by atoms with Crippen LogP contribution < -0.4 is 5.73 Å². The molecule has 3 heteroatoms. The maximum absolute atomic E-state index is 6.21. The van der Waals surface area contributed by atoms with Crippen LogP contribution in [0.4, 0.5) is 0 Å². The maximum Gasteiger partial charge on any atom is 0.0813 e. The third-order valence-electron chi connectivity index (χ3n) is 3.41. The summed E-state index contributed by atoms with van der Waals surface area (Å²) < 4.78 is 5.31. The molecule has 2 unspecified atom stereocenters. The quantitative estimate of drug-likeness (QED) is 0.528. The highest BCUT2D eigenvalue weighted by Gasteiger charge is 2.32. The third-order valence-corrected chi connectivity index (χ3v) is 3.41. The van der Waals surface area contributed by atoms with E-state index in [0.717, 1.165) is 13.0 Å². The summed E-state index contributed by atoms with van der Waals surface area (Å²) in [5, 5.41) is 0. The monoisotopic (exact) mass is 249 g/mol. The van der Waals surface area contributed by atoms with E-state index in [2.05, 4.69) is 20.8 Å². The Morgan fingerprint density at radius 3 is 2.38 bits per heavy atom. The van der Waals surface area contributed by atoms with Gasteiger partial charge in [0.05, 0.1) is 12.7 Å². The van der Waals surface area contributed by atoms with Gasteiger partial charge in [-0.1, -0.05) is 32.6 Å². The van der Waals surface area contributed by atoms with Gasteiger partial charge >= 0.3 is 0 Å². The number of ether oxygens (including phenoxy) is 1. The zero-order chi connectivity index (χ0) is 11.3. The number of rotatable bonds is 8. The molecule has 0 spiro atoms. The van der Waals surface area contributed by atoms with E-state index in [1.54, 1.807) is 0 Å². The Balaban J connectivity index is 0.00000225. The fourth-order valence-corrected chi connectivity index (χ4v) is 2.13. The summed E-state index contributed by atoms with van der Waals surface area (Å²) in [6.45, 7) is 7.52. The molecule has 0 aromatic heterocycles. The minimum Gasteiger partial charge on any atom is -0.373 e. The summed E-state index contributed by atoms with van der Waals surface area (Å²) >= 11 is 0. The van der Waals surface area contributed by atoms with E-state index in [9.17, 15) is 0 Å². The van der Waals surface area contributed by atoms with Crippen LogP contribution in [-0.2, 0) is 4.74 Å². The second-order valence-corrected chi connectivity index (χ2v) is 5.56. The van der Waals surface area contributed by atoms with E-state index < -0.39 is 0 Å². The fraction of sp³-hybridized carbons (Fsp3) is 1.00. The number of hydrogen-bond donors (Lipinski definition) is 1. The molecule has 1 rings (SSSR count). The van der Waals surface area contributed by atoms with Gasteiger partial charge < -0.3 is 10.5 Å². The zero-order valence-corrected chi connectivity index (χ0v) is 11.8. The van der Waals surface area contributed by atoms with E-state index in [1.165, 1.54) is 32.1 Å². The molecule has 2 atom stereocenters. The van der Waals surface area contributed by atoms with Crippen molar-refractivity contribution in [1.82, 2.24) is 0 Å². The molecule has 16 heavy (non-hydrogen) atoms. The first-order valence-corrected chi connectivity index (χ1v) is 6.44. The van der Waals surface area contributed by atoms with Crippen molar-refractivity contribution in [3.63, 3.8) is 0 Å². The summed E-state index contributed by atoms with van der Waals surface area (Å²) in [7, 11) is 0. The molecule has 2 N–H and O–H groups in total. The van der Waals surface area contributed by atoms with Crippen LogP contribution in [0.5, 0.6) is 0 Å². The average Bonchev–Trinajstić information content (AvgIpc) is 2.92. The summed E-state index contributed by atoms with van der Waals surface area (Å²) in [5.74, 6) is 0.627. The van der Waals surface area contributed by atoms with Gasteiger partial charge in [-0.05, 0) is 32.6 Å². The van der Waals surface area contributed by atoms with E-state index in [0.29, 0.717) is 12.0 Å². The standard InChI is InChI=1S/C13H27NO.ClH/c1-4-5-6-7-8-11(13(2,3)14)9-12-10-15-12;/h11-12H,4-10,14H2,1-3H3;1H. The molecule has 1 fully saturated rings. The first-order valence-electron chi connectivity index (χ1n) is 6.44. The molecule has 1 heterocycles. The molecular weight excluding hydrogens is 222 g/mol. The Kier molecular flexibility index (Phi) is 7.62. The average molecular weight is 250 g/mol. The predicted molar refractivity (Wildman–Crippen MR) is 72.1 cm³/mol. The fourth-order valence-electron chi connectivity index (χ4n) is 2.13. The molecule has 0 aliphatic carbocycles. The highest BCUT2D eigenvalue weighted by molar-refractivity contribution is 5.85. The van der Waals surface area contributed by atoms with Crippen LogP contribution in [0.25, 0.3) is 0 Å². The number of epoxide rings is 1. The number of nitrogens with two attached hydrogens (primary N) is 1. The van der Waals surface area contributed by atoms with Crippen molar-refractivity contribution in [1.29, 1.82) is 0 Å². The van der Waals surface area contributed by atoms with Gasteiger partial charge in [0.15, 0.2) is 0 Å². The Labute approximate surface area is 107 Å². The first kappa shape index (κ1) is 16.2. The molecule has 1 aliphatic heterocycles. The molecule has 0 saturated carbocycles. The lowest BCUT2D eigenvalue weighted by Gasteiger charge is -2.30. The zero-order valence-electron chi connectivity index (χ0n) is 11.0. The molecular formula is C13H28ClNO. The molecule has 98 valence electrons.